The maximum Gasteiger partial charge on any atom is 0.274 e. The number of nitrogens with zero attached hydrogens (tertiary/aromatic N) is 4. The van der Waals surface area contributed by atoms with Crippen LogP contribution in [-0.2, 0) is 24.0 Å². The van der Waals surface area contributed by atoms with Crippen LogP contribution in [0.4, 0.5) is 5.69 Å². The molecular weight excluding hydrogens is 757 g/mol. The quantitative estimate of drug-likeness (QED) is 0.117. The van der Waals surface area contributed by atoms with Gasteiger partial charge in [-0.1, -0.05) is 86.3 Å². The number of carbonyl (C=O) groups excluding carboxylic acids is 2. The summed E-state index contributed by atoms with van der Waals surface area (Å²) in [6, 6.07) is 26.9. The van der Waals surface area contributed by atoms with Crippen LogP contribution in [0, 0.1) is 6.92 Å². The number of anilines is 1. The van der Waals surface area contributed by atoms with Crippen LogP contribution in [0.25, 0.3) is 16.8 Å². The van der Waals surface area contributed by atoms with E-state index in [2.05, 4.69) is 18.6 Å². The molecule has 0 spiro atoms. The van der Waals surface area contributed by atoms with Crippen molar-refractivity contribution >= 4 is 51.7 Å². The monoisotopic (exact) mass is 803 g/mol. The van der Waals surface area contributed by atoms with Gasteiger partial charge in [0.25, 0.3) is 11.8 Å². The second-order valence-corrected chi connectivity index (χ2v) is 15.7. The average Bonchev–Trinajstić information content (AvgIpc) is 3.57. The molecule has 290 valence electrons. The van der Waals surface area contributed by atoms with Gasteiger partial charge in [-0.15, -0.1) is 0 Å². The lowest BCUT2D eigenvalue weighted by molar-refractivity contribution is 0.0544. The molecule has 0 saturated heterocycles. The molecule has 2 amide bonds. The zero-order valence-corrected chi connectivity index (χ0v) is 33.6. The van der Waals surface area contributed by atoms with Crippen LogP contribution in [-0.4, -0.2) is 71.9 Å². The molecule has 13 heteroatoms. The largest absolute Gasteiger partial charge is 0.412 e. The lowest BCUT2D eigenvalue weighted by Gasteiger charge is -2.36. The van der Waals surface area contributed by atoms with Crippen molar-refractivity contribution in [3.8, 4) is 16.8 Å². The first-order valence-electron chi connectivity index (χ1n) is 18.3. The molecule has 5 aromatic rings. The molecule has 6 rings (SSSR count). The molecular formula is C42H47Cl2N5O5S. The Balaban J connectivity index is 0.00000580. The highest BCUT2D eigenvalue weighted by molar-refractivity contribution is 7.86. The minimum absolute atomic E-state index is 0. The summed E-state index contributed by atoms with van der Waals surface area (Å²) in [5.41, 5.74) is 6.03. The van der Waals surface area contributed by atoms with Crippen molar-refractivity contribution in [2.75, 3.05) is 24.4 Å². The molecule has 1 unspecified atom stereocenters. The number of halogens is 2. The molecule has 0 radical (unpaired) electrons. The zero-order chi connectivity index (χ0) is 38.4. The standard InChI is InChI=1S/C42H45Cl2N5O4S.H2O/c1-4-6-18-47(19-7-5-2)42(52)39-20-28(3)49(45-39)40-17-14-35(25-38(40)41(51)48-26-31-11-9-8-10-30(31)23-36(48)27-50)46-54(53)37-15-12-29(13-16-37)32-21-33(43)24-34(44)22-32;/h8-17,20-22,24-25,36,46,50H,4-7,18-19,23,26-27H2,1-3H3;1H2/t36-,54?;/m0./s1. The number of hydrogen-bond donors (Lipinski definition) is 2. The summed E-state index contributed by atoms with van der Waals surface area (Å²) in [6.45, 7) is 7.48. The summed E-state index contributed by atoms with van der Waals surface area (Å²) in [7, 11) is -1.68. The molecule has 4 N–H and O–H groups in total. The van der Waals surface area contributed by atoms with Crippen LogP contribution in [0.3, 0.4) is 0 Å². The van der Waals surface area contributed by atoms with Crippen molar-refractivity contribution in [3.05, 3.63) is 129 Å². The van der Waals surface area contributed by atoms with Gasteiger partial charge in [-0.3, -0.25) is 9.59 Å². The number of benzene rings is 4. The van der Waals surface area contributed by atoms with E-state index < -0.39 is 17.0 Å². The molecule has 0 aliphatic carbocycles. The number of aliphatic hydroxyl groups excluding tert-OH is 1. The predicted octanol–water partition coefficient (Wildman–Crippen LogP) is 8.07. The maximum atomic E-state index is 14.7. The Labute approximate surface area is 335 Å². The second-order valence-electron chi connectivity index (χ2n) is 13.6. The van der Waals surface area contributed by atoms with Gasteiger partial charge in [-0.2, -0.15) is 5.10 Å². The fourth-order valence-corrected chi connectivity index (χ4v) is 8.12. The van der Waals surface area contributed by atoms with Crippen molar-refractivity contribution in [3.63, 3.8) is 0 Å². The summed E-state index contributed by atoms with van der Waals surface area (Å²) in [5.74, 6) is -0.453. The first kappa shape index (κ1) is 41.6. The number of aryl methyl sites for hydroxylation is 1. The van der Waals surface area contributed by atoms with Crippen molar-refractivity contribution in [1.82, 2.24) is 19.6 Å². The summed E-state index contributed by atoms with van der Waals surface area (Å²) in [4.78, 5) is 32.5. The summed E-state index contributed by atoms with van der Waals surface area (Å²) >= 11 is 12.4. The van der Waals surface area contributed by atoms with E-state index in [1.165, 1.54) is 0 Å². The van der Waals surface area contributed by atoms with E-state index in [1.807, 2.05) is 60.4 Å². The van der Waals surface area contributed by atoms with Gasteiger partial charge in [-0.05, 0) is 103 Å². The molecule has 4 aromatic carbocycles. The van der Waals surface area contributed by atoms with E-state index in [0.717, 1.165) is 47.9 Å². The Morgan fingerprint density at radius 3 is 2.18 bits per heavy atom. The van der Waals surface area contributed by atoms with Crippen molar-refractivity contribution in [2.24, 2.45) is 0 Å². The lowest BCUT2D eigenvalue weighted by Crippen LogP contribution is -2.46. The highest BCUT2D eigenvalue weighted by atomic mass is 35.5. The summed E-state index contributed by atoms with van der Waals surface area (Å²) < 4.78 is 18.4. The van der Waals surface area contributed by atoms with Crippen LogP contribution < -0.4 is 4.72 Å². The predicted molar refractivity (Wildman–Crippen MR) is 220 cm³/mol. The van der Waals surface area contributed by atoms with E-state index in [1.54, 1.807) is 52.0 Å². The molecule has 1 aliphatic rings. The highest BCUT2D eigenvalue weighted by Gasteiger charge is 2.32. The van der Waals surface area contributed by atoms with Gasteiger partial charge >= 0.3 is 0 Å². The van der Waals surface area contributed by atoms with E-state index in [0.29, 0.717) is 69.3 Å². The molecule has 1 aliphatic heterocycles. The van der Waals surface area contributed by atoms with Crippen molar-refractivity contribution in [2.45, 2.75) is 70.4 Å². The summed E-state index contributed by atoms with van der Waals surface area (Å²) in [5, 5.41) is 16.3. The number of aliphatic hydroxyl groups is 1. The third-order valence-electron chi connectivity index (χ3n) is 9.71. The van der Waals surface area contributed by atoms with Crippen LogP contribution in [0.5, 0.6) is 0 Å². The molecule has 0 bridgehead atoms. The van der Waals surface area contributed by atoms with Gasteiger partial charge in [0.15, 0.2) is 5.69 Å². The van der Waals surface area contributed by atoms with Gasteiger partial charge in [0.2, 0.25) is 0 Å². The van der Waals surface area contributed by atoms with E-state index in [4.69, 9.17) is 28.3 Å². The Hall–Kier alpha value is -4.52. The van der Waals surface area contributed by atoms with Crippen LogP contribution in [0.1, 0.15) is 77.2 Å². The molecule has 0 saturated carbocycles. The third kappa shape index (κ3) is 9.66. The fourth-order valence-electron chi connectivity index (χ4n) is 6.75. The van der Waals surface area contributed by atoms with Crippen molar-refractivity contribution < 1.29 is 24.4 Å². The Kier molecular flexibility index (Phi) is 14.3. The molecule has 2 heterocycles. The average molecular weight is 805 g/mol. The molecule has 10 nitrogen and oxygen atoms in total. The van der Waals surface area contributed by atoms with Gasteiger partial charge in [0, 0.05) is 41.1 Å². The Bertz CT molecular complexity index is 2130. The van der Waals surface area contributed by atoms with Crippen LogP contribution in [0.2, 0.25) is 10.0 Å². The van der Waals surface area contributed by atoms with E-state index in [-0.39, 0.29) is 23.9 Å². The van der Waals surface area contributed by atoms with Crippen LogP contribution >= 0.6 is 23.2 Å². The van der Waals surface area contributed by atoms with Gasteiger partial charge in [-0.25, -0.2) is 8.89 Å². The Morgan fingerprint density at radius 1 is 0.891 bits per heavy atom. The minimum Gasteiger partial charge on any atom is -0.412 e. The number of aromatic nitrogens is 2. The SMILES string of the molecule is CCCCN(CCCC)C(=O)c1cc(C)n(-c2ccc(NS(=O)c3ccc(-c4cc(Cl)cc(Cl)c4)cc3)cc2C(=O)N2Cc3ccccc3C[C@H]2CO)n1.O. The molecule has 0 fully saturated rings. The topological polar surface area (TPSA) is 139 Å². The first-order chi connectivity index (χ1) is 26.1. The first-order valence-corrected chi connectivity index (χ1v) is 20.2. The van der Waals surface area contributed by atoms with E-state index in [9.17, 15) is 18.9 Å². The Morgan fingerprint density at radius 2 is 1.55 bits per heavy atom. The van der Waals surface area contributed by atoms with Gasteiger partial charge < -0.3 is 25.1 Å². The maximum absolute atomic E-state index is 14.7. The highest BCUT2D eigenvalue weighted by Crippen LogP contribution is 2.31. The zero-order valence-electron chi connectivity index (χ0n) is 31.2. The second kappa shape index (κ2) is 18.9. The number of nitrogens with one attached hydrogen (secondary N) is 1. The number of unbranched alkanes of at least 4 members (excludes halogenated alkanes) is 2. The van der Waals surface area contributed by atoms with E-state index >= 15 is 0 Å². The minimum atomic E-state index is -1.68. The van der Waals surface area contributed by atoms with Crippen LogP contribution in [0.15, 0.2) is 95.9 Å². The normalized spacial score (nSPS) is 14.1. The van der Waals surface area contributed by atoms with Gasteiger partial charge in [0.05, 0.1) is 28.8 Å². The molecule has 55 heavy (non-hydrogen) atoms. The number of hydrogen-bond acceptors (Lipinski definition) is 5. The number of amides is 2. The fraction of sp³-hybridized carbons (Fsp3) is 0.310. The molecule has 2 atom stereocenters. The third-order valence-corrected chi connectivity index (χ3v) is 11.3. The van der Waals surface area contributed by atoms with Crippen molar-refractivity contribution in [1.29, 1.82) is 0 Å². The smallest absolute Gasteiger partial charge is 0.274 e. The number of carbonyl (C=O) groups is 2. The lowest BCUT2D eigenvalue weighted by atomic mass is 9.93. The number of fused-ring (bicyclic) bond motifs is 1. The molecule has 1 aromatic heterocycles. The number of rotatable bonds is 14. The summed E-state index contributed by atoms with van der Waals surface area (Å²) in [6.07, 6.45) is 4.25. The van der Waals surface area contributed by atoms with Gasteiger partial charge in [0.1, 0.15) is 11.0 Å².